The van der Waals surface area contributed by atoms with Crippen LogP contribution in [0.2, 0.25) is 0 Å². The lowest BCUT2D eigenvalue weighted by molar-refractivity contribution is 0.355. The second-order valence-electron chi connectivity index (χ2n) is 11.2. The van der Waals surface area contributed by atoms with Crippen LogP contribution in [0, 0.1) is 5.92 Å². The Morgan fingerprint density at radius 3 is 1.90 bits per heavy atom. The van der Waals surface area contributed by atoms with Crippen LogP contribution in [0.3, 0.4) is 0 Å². The van der Waals surface area contributed by atoms with Crippen LogP contribution >= 0.6 is 0 Å². The first-order valence-corrected chi connectivity index (χ1v) is 15.9. The molecule has 1 saturated carbocycles. The minimum absolute atomic E-state index is 0.377. The van der Waals surface area contributed by atoms with E-state index in [2.05, 4.69) is 73.3 Å². The van der Waals surface area contributed by atoms with Crippen molar-refractivity contribution >= 4 is 5.57 Å². The molecule has 2 heteroatoms. The third-order valence-electron chi connectivity index (χ3n) is 7.64. The fourth-order valence-electron chi connectivity index (χ4n) is 5.38. The SMILES string of the molecule is C=C(C)/C(=C(\C(=C(C)C)C1=C(C)CCCC1)c1ccc(OC)c(OC)c1)C(C=C1CC1)CCC.CC.CCCC. The molecule has 0 saturated heterocycles. The molecule has 1 aromatic carbocycles. The number of hydrogen-bond acceptors (Lipinski definition) is 2. The van der Waals surface area contributed by atoms with Crippen molar-refractivity contribution in [2.24, 2.45) is 5.92 Å². The quantitative estimate of drug-likeness (QED) is 0.202. The molecule has 1 unspecified atom stereocenters. The van der Waals surface area contributed by atoms with E-state index in [-0.39, 0.29) is 0 Å². The first kappa shape index (κ1) is 35.5. The zero-order valence-corrected chi connectivity index (χ0v) is 28.0. The summed E-state index contributed by atoms with van der Waals surface area (Å²) in [6, 6.07) is 6.41. The third kappa shape index (κ3) is 10.2. The summed E-state index contributed by atoms with van der Waals surface area (Å²) in [7, 11) is 3.42. The van der Waals surface area contributed by atoms with Crippen LogP contribution in [0.25, 0.3) is 5.57 Å². The highest BCUT2D eigenvalue weighted by Crippen LogP contribution is 2.46. The highest BCUT2D eigenvalue weighted by atomic mass is 16.5. The average Bonchev–Trinajstić information content (AvgIpc) is 3.78. The Morgan fingerprint density at radius 2 is 1.45 bits per heavy atom. The van der Waals surface area contributed by atoms with Crippen molar-refractivity contribution in [3.63, 3.8) is 0 Å². The predicted octanol–water partition coefficient (Wildman–Crippen LogP) is 12.2. The second kappa shape index (κ2) is 18.8. The van der Waals surface area contributed by atoms with Crippen LogP contribution in [-0.2, 0) is 0 Å². The van der Waals surface area contributed by atoms with Gasteiger partial charge in [-0.15, -0.1) is 0 Å². The van der Waals surface area contributed by atoms with Gasteiger partial charge in [-0.2, -0.15) is 0 Å². The van der Waals surface area contributed by atoms with Gasteiger partial charge in [0.1, 0.15) is 0 Å². The van der Waals surface area contributed by atoms with Crippen LogP contribution < -0.4 is 9.47 Å². The fraction of sp³-hybridized carbons (Fsp3) is 0.579. The molecular weight excluding hydrogens is 488 g/mol. The molecular formula is C38H60O2. The lowest BCUT2D eigenvalue weighted by Crippen LogP contribution is -2.11. The molecule has 1 aromatic rings. The van der Waals surface area contributed by atoms with Crippen molar-refractivity contribution in [2.75, 3.05) is 14.2 Å². The number of unbranched alkanes of at least 4 members (excludes halogenated alkanes) is 1. The van der Waals surface area contributed by atoms with Gasteiger partial charge in [0.15, 0.2) is 11.5 Å². The van der Waals surface area contributed by atoms with Crippen molar-refractivity contribution < 1.29 is 9.47 Å². The maximum Gasteiger partial charge on any atom is 0.161 e. The molecule has 0 radical (unpaired) electrons. The van der Waals surface area contributed by atoms with Gasteiger partial charge in [-0.3, -0.25) is 0 Å². The van der Waals surface area contributed by atoms with Crippen molar-refractivity contribution in [3.05, 3.63) is 75.4 Å². The van der Waals surface area contributed by atoms with Gasteiger partial charge in [0.25, 0.3) is 0 Å². The molecule has 2 nitrogen and oxygen atoms in total. The Labute approximate surface area is 248 Å². The molecule has 1 atom stereocenters. The van der Waals surface area contributed by atoms with E-state index in [1.54, 1.807) is 19.8 Å². The Hall–Kier alpha value is -2.48. The van der Waals surface area contributed by atoms with E-state index in [0.717, 1.165) is 36.3 Å². The number of methoxy groups -OCH3 is 2. The first-order chi connectivity index (χ1) is 19.2. The summed E-state index contributed by atoms with van der Waals surface area (Å²) in [4.78, 5) is 0. The molecule has 2 aliphatic rings. The Bertz CT molecular complexity index is 1060. The minimum Gasteiger partial charge on any atom is -0.493 e. The molecule has 0 aromatic heterocycles. The number of rotatable bonds is 11. The number of hydrogen-bond donors (Lipinski definition) is 0. The van der Waals surface area contributed by atoms with Gasteiger partial charge in [-0.25, -0.2) is 0 Å². The van der Waals surface area contributed by atoms with E-state index >= 15 is 0 Å². The number of allylic oxidation sites excluding steroid dienone is 9. The van der Waals surface area contributed by atoms with E-state index in [4.69, 9.17) is 9.47 Å². The maximum absolute atomic E-state index is 5.75. The number of ether oxygens (including phenoxy) is 2. The molecule has 0 amide bonds. The van der Waals surface area contributed by atoms with Gasteiger partial charge in [0.05, 0.1) is 14.2 Å². The molecule has 40 heavy (non-hydrogen) atoms. The highest BCUT2D eigenvalue weighted by Gasteiger charge is 2.27. The third-order valence-corrected chi connectivity index (χ3v) is 7.64. The molecule has 0 bridgehead atoms. The highest BCUT2D eigenvalue weighted by molar-refractivity contribution is 5.90. The topological polar surface area (TPSA) is 18.5 Å². The molecule has 3 rings (SSSR count). The Morgan fingerprint density at radius 1 is 0.850 bits per heavy atom. The van der Waals surface area contributed by atoms with Crippen LogP contribution in [0.4, 0.5) is 0 Å². The van der Waals surface area contributed by atoms with Gasteiger partial charge in [-0.05, 0) is 113 Å². The molecule has 0 aliphatic heterocycles. The van der Waals surface area contributed by atoms with E-state index in [1.165, 1.54) is 83.9 Å². The van der Waals surface area contributed by atoms with Gasteiger partial charge in [-0.1, -0.05) is 94.9 Å². The summed E-state index contributed by atoms with van der Waals surface area (Å²) in [6.45, 7) is 24.3. The van der Waals surface area contributed by atoms with Gasteiger partial charge >= 0.3 is 0 Å². The molecule has 0 N–H and O–H groups in total. The van der Waals surface area contributed by atoms with Crippen molar-refractivity contribution in [1.82, 2.24) is 0 Å². The van der Waals surface area contributed by atoms with E-state index in [1.807, 2.05) is 19.9 Å². The van der Waals surface area contributed by atoms with Crippen molar-refractivity contribution in [2.45, 2.75) is 127 Å². The zero-order chi connectivity index (χ0) is 30.2. The summed E-state index contributed by atoms with van der Waals surface area (Å²) in [5, 5.41) is 0. The van der Waals surface area contributed by atoms with E-state index < -0.39 is 0 Å². The van der Waals surface area contributed by atoms with Crippen LogP contribution in [0.5, 0.6) is 11.5 Å². The smallest absolute Gasteiger partial charge is 0.161 e. The minimum atomic E-state index is 0.377. The largest absolute Gasteiger partial charge is 0.493 e. The second-order valence-corrected chi connectivity index (χ2v) is 11.2. The lowest BCUT2D eigenvalue weighted by Gasteiger charge is -2.29. The number of benzene rings is 1. The maximum atomic E-state index is 5.75. The zero-order valence-electron chi connectivity index (χ0n) is 28.0. The van der Waals surface area contributed by atoms with Crippen molar-refractivity contribution in [3.8, 4) is 11.5 Å². The summed E-state index contributed by atoms with van der Waals surface area (Å²) < 4.78 is 11.3. The Balaban J connectivity index is 0.00000122. The lowest BCUT2D eigenvalue weighted by atomic mass is 9.75. The van der Waals surface area contributed by atoms with Crippen LogP contribution in [-0.4, -0.2) is 14.2 Å². The van der Waals surface area contributed by atoms with Gasteiger partial charge < -0.3 is 9.47 Å². The predicted molar refractivity (Wildman–Crippen MR) is 178 cm³/mol. The summed E-state index contributed by atoms with van der Waals surface area (Å²) >= 11 is 0. The van der Waals surface area contributed by atoms with E-state index in [9.17, 15) is 0 Å². The van der Waals surface area contributed by atoms with Crippen LogP contribution in [0.1, 0.15) is 132 Å². The molecule has 0 spiro atoms. The standard InChI is InChI=1S/C32H44O2.C4H10.C2H6/c1-9-12-25(19-24-15-16-24)30(21(2)3)32(26-17-18-28(33-7)29(20-26)34-8)31(22(4)5)27-14-11-10-13-23(27)6;1-3-4-2;1-2/h17-20,25H,2,9-16H2,1,3-8H3;3-4H2,1-2H3;1-2H3/b32-30+;;. The summed E-state index contributed by atoms with van der Waals surface area (Å²) in [6.07, 6.45) is 14.8. The summed E-state index contributed by atoms with van der Waals surface area (Å²) in [5.74, 6) is 1.91. The molecule has 224 valence electrons. The Kier molecular flexibility index (Phi) is 16.7. The van der Waals surface area contributed by atoms with Gasteiger partial charge in [0, 0.05) is 5.92 Å². The van der Waals surface area contributed by atoms with E-state index in [0.29, 0.717) is 5.92 Å². The summed E-state index contributed by atoms with van der Waals surface area (Å²) in [5.41, 5.74) is 12.5. The molecule has 2 aliphatic carbocycles. The first-order valence-electron chi connectivity index (χ1n) is 15.9. The van der Waals surface area contributed by atoms with Gasteiger partial charge in [0.2, 0.25) is 0 Å². The normalized spacial score (nSPS) is 15.4. The average molecular weight is 549 g/mol. The van der Waals surface area contributed by atoms with Crippen molar-refractivity contribution in [1.29, 1.82) is 0 Å². The monoisotopic (exact) mass is 548 g/mol. The van der Waals surface area contributed by atoms with Crippen LogP contribution in [0.15, 0.2) is 69.9 Å². The molecule has 0 heterocycles. The fourth-order valence-corrected chi connectivity index (χ4v) is 5.38. The molecule has 1 fully saturated rings.